The van der Waals surface area contributed by atoms with E-state index in [0.717, 1.165) is 21.9 Å². The van der Waals surface area contributed by atoms with E-state index in [1.807, 2.05) is 48.5 Å². The molecule has 0 spiro atoms. The van der Waals surface area contributed by atoms with Gasteiger partial charge in [-0.3, -0.25) is 4.79 Å². The molecule has 0 unspecified atom stereocenters. The third-order valence-electron chi connectivity index (χ3n) is 6.56. The summed E-state index contributed by atoms with van der Waals surface area (Å²) in [5.74, 6) is 0.360. The number of hydrogen-bond donors (Lipinski definition) is 3. The zero-order chi connectivity index (χ0) is 25.8. The number of carbonyl (C=O) groups excluding carboxylic acids is 1. The number of carbonyl (C=O) groups is 1. The lowest BCUT2D eigenvalue weighted by Crippen LogP contribution is -2.36. The van der Waals surface area contributed by atoms with Gasteiger partial charge in [0.15, 0.2) is 0 Å². The quantitative estimate of drug-likeness (QED) is 0.322. The van der Waals surface area contributed by atoms with E-state index in [1.165, 1.54) is 0 Å². The van der Waals surface area contributed by atoms with Crippen molar-refractivity contribution in [2.75, 3.05) is 6.61 Å². The van der Waals surface area contributed by atoms with Crippen LogP contribution in [0.3, 0.4) is 0 Å². The minimum Gasteiger partial charge on any atom is -0.493 e. The molecule has 37 heavy (non-hydrogen) atoms. The van der Waals surface area contributed by atoms with Crippen molar-refractivity contribution in [1.29, 1.82) is 0 Å². The smallest absolute Gasteiger partial charge is 0.241 e. The van der Waals surface area contributed by atoms with E-state index in [4.69, 9.17) is 4.74 Å². The average molecular weight is 517 g/mol. The number of aliphatic hydroxyl groups is 1. The van der Waals surface area contributed by atoms with Crippen molar-refractivity contribution >= 4 is 26.7 Å². The Kier molecular flexibility index (Phi) is 7.23. The highest BCUT2D eigenvalue weighted by atomic mass is 32.2. The lowest BCUT2D eigenvalue weighted by molar-refractivity contribution is -0.122. The second-order valence-corrected chi connectivity index (χ2v) is 10.8. The van der Waals surface area contributed by atoms with Crippen LogP contribution in [-0.4, -0.2) is 26.0 Å². The molecule has 8 heteroatoms. The first-order valence-corrected chi connectivity index (χ1v) is 13.6. The highest BCUT2D eigenvalue weighted by Gasteiger charge is 2.27. The van der Waals surface area contributed by atoms with E-state index in [9.17, 15) is 18.3 Å². The molecule has 0 bridgehead atoms. The molecule has 0 aromatic heterocycles. The van der Waals surface area contributed by atoms with E-state index in [1.54, 1.807) is 42.5 Å². The minimum atomic E-state index is -3.91. The van der Waals surface area contributed by atoms with Crippen molar-refractivity contribution < 1.29 is 23.1 Å². The molecule has 1 heterocycles. The van der Waals surface area contributed by atoms with Gasteiger partial charge in [-0.05, 0) is 40.1 Å². The highest BCUT2D eigenvalue weighted by molar-refractivity contribution is 7.89. The van der Waals surface area contributed by atoms with Gasteiger partial charge in [-0.15, -0.1) is 0 Å². The summed E-state index contributed by atoms with van der Waals surface area (Å²) in [6, 6.07) is 26.1. The summed E-state index contributed by atoms with van der Waals surface area (Å²) in [6.07, 6.45) is 0.522. The van der Waals surface area contributed by atoms with Gasteiger partial charge in [0.25, 0.3) is 0 Å². The number of amides is 1. The molecule has 5 rings (SSSR count). The number of fused-ring (bicyclic) bond motifs is 2. The van der Waals surface area contributed by atoms with Gasteiger partial charge >= 0.3 is 0 Å². The van der Waals surface area contributed by atoms with Crippen molar-refractivity contribution in [1.82, 2.24) is 10.0 Å². The second-order valence-electron chi connectivity index (χ2n) is 9.09. The van der Waals surface area contributed by atoms with Crippen molar-refractivity contribution in [2.45, 2.75) is 36.4 Å². The summed E-state index contributed by atoms with van der Waals surface area (Å²) in [4.78, 5) is 13.3. The van der Waals surface area contributed by atoms with Gasteiger partial charge in [0.05, 0.1) is 30.2 Å². The van der Waals surface area contributed by atoms with Crippen LogP contribution in [0.2, 0.25) is 0 Å². The number of hydrogen-bond acceptors (Lipinski definition) is 5. The largest absolute Gasteiger partial charge is 0.493 e. The molecule has 1 aliphatic heterocycles. The molecule has 0 radical (unpaired) electrons. The van der Waals surface area contributed by atoms with Gasteiger partial charge < -0.3 is 15.2 Å². The van der Waals surface area contributed by atoms with E-state index in [-0.39, 0.29) is 29.9 Å². The molecule has 1 aliphatic rings. The molecular weight excluding hydrogens is 488 g/mol. The van der Waals surface area contributed by atoms with Crippen LogP contribution in [0.15, 0.2) is 95.9 Å². The number of benzene rings is 4. The number of nitrogens with one attached hydrogen (secondary N) is 2. The fourth-order valence-corrected chi connectivity index (χ4v) is 5.88. The molecule has 0 saturated heterocycles. The first kappa shape index (κ1) is 25.0. The molecule has 3 N–H and O–H groups in total. The Balaban J connectivity index is 1.36. The Morgan fingerprint density at radius 2 is 1.70 bits per heavy atom. The Bertz CT molecular complexity index is 1520. The summed E-state index contributed by atoms with van der Waals surface area (Å²) >= 11 is 0. The maximum Gasteiger partial charge on any atom is 0.241 e. The summed E-state index contributed by atoms with van der Waals surface area (Å²) in [7, 11) is -3.91. The fourth-order valence-electron chi connectivity index (χ4n) is 4.62. The predicted molar refractivity (Wildman–Crippen MR) is 141 cm³/mol. The molecule has 4 aromatic rings. The second kappa shape index (κ2) is 10.7. The summed E-state index contributed by atoms with van der Waals surface area (Å²) < 4.78 is 35.2. The van der Waals surface area contributed by atoms with Gasteiger partial charge in [-0.2, -0.15) is 0 Å². The molecule has 7 nitrogen and oxygen atoms in total. The van der Waals surface area contributed by atoms with Gasteiger partial charge in [-0.1, -0.05) is 72.8 Å². The minimum absolute atomic E-state index is 0.0712. The van der Waals surface area contributed by atoms with Crippen LogP contribution in [0.25, 0.3) is 10.8 Å². The Hall–Kier alpha value is -3.72. The molecule has 1 amide bonds. The number of rotatable bonds is 8. The maximum absolute atomic E-state index is 13.4. The van der Waals surface area contributed by atoms with E-state index < -0.39 is 16.1 Å². The monoisotopic (exact) mass is 516 g/mol. The summed E-state index contributed by atoms with van der Waals surface area (Å²) in [5.41, 5.74) is 2.27. The van der Waals surface area contributed by atoms with Crippen molar-refractivity contribution in [2.24, 2.45) is 0 Å². The standard InChI is InChI=1S/C29H28N2O5S/c32-19-20-10-13-25-26(14-15-36-28(25)16-20)30-29(33)18-27(22-7-2-1-3-8-22)31-37(34,35)24-12-11-21-6-4-5-9-23(21)17-24/h1-13,16-17,26-27,31-32H,14-15,18-19H2,(H,30,33)/t26-,27-/m1/s1. The van der Waals surface area contributed by atoms with Gasteiger partial charge in [0, 0.05) is 18.4 Å². The first-order chi connectivity index (χ1) is 17.9. The molecule has 4 aromatic carbocycles. The number of sulfonamides is 1. The van der Waals surface area contributed by atoms with Gasteiger partial charge in [-0.25, -0.2) is 13.1 Å². The Morgan fingerprint density at radius 1 is 0.946 bits per heavy atom. The lowest BCUT2D eigenvalue weighted by atomic mass is 9.98. The maximum atomic E-state index is 13.4. The first-order valence-electron chi connectivity index (χ1n) is 12.1. The normalized spacial score (nSPS) is 16.0. The molecule has 0 saturated carbocycles. The molecular formula is C29H28N2O5S. The fraction of sp³-hybridized carbons (Fsp3) is 0.207. The van der Waals surface area contributed by atoms with Crippen LogP contribution in [0.1, 0.15) is 41.6 Å². The molecule has 2 atom stereocenters. The van der Waals surface area contributed by atoms with Gasteiger partial charge in [0.2, 0.25) is 15.9 Å². The summed E-state index contributed by atoms with van der Waals surface area (Å²) in [6.45, 7) is 0.341. The van der Waals surface area contributed by atoms with Gasteiger partial charge in [0.1, 0.15) is 5.75 Å². The van der Waals surface area contributed by atoms with Crippen LogP contribution in [0.4, 0.5) is 0 Å². The van der Waals surface area contributed by atoms with E-state index in [2.05, 4.69) is 10.0 Å². The third kappa shape index (κ3) is 5.67. The Labute approximate surface area is 216 Å². The van der Waals surface area contributed by atoms with Crippen molar-refractivity contribution in [3.05, 3.63) is 108 Å². The predicted octanol–water partition coefficient (Wildman–Crippen LogP) is 4.38. The molecule has 190 valence electrons. The van der Waals surface area contributed by atoms with Crippen LogP contribution < -0.4 is 14.8 Å². The molecule has 0 aliphatic carbocycles. The number of ether oxygens (including phenoxy) is 1. The lowest BCUT2D eigenvalue weighted by Gasteiger charge is -2.28. The molecule has 0 fully saturated rings. The van der Waals surface area contributed by atoms with Crippen molar-refractivity contribution in [3.8, 4) is 5.75 Å². The van der Waals surface area contributed by atoms with Crippen molar-refractivity contribution in [3.63, 3.8) is 0 Å². The Morgan fingerprint density at radius 3 is 2.49 bits per heavy atom. The van der Waals surface area contributed by atoms with Crippen LogP contribution in [0.5, 0.6) is 5.75 Å². The SMILES string of the molecule is O=C(C[C@@H](NS(=O)(=O)c1ccc2ccccc2c1)c1ccccc1)N[C@@H]1CCOc2cc(CO)ccc21. The topological polar surface area (TPSA) is 105 Å². The van der Waals surface area contributed by atoms with Crippen LogP contribution in [0, 0.1) is 0 Å². The zero-order valence-electron chi connectivity index (χ0n) is 20.1. The highest BCUT2D eigenvalue weighted by Crippen LogP contribution is 2.33. The summed E-state index contributed by atoms with van der Waals surface area (Å²) in [5, 5.41) is 14.2. The van der Waals surface area contributed by atoms with E-state index >= 15 is 0 Å². The van der Waals surface area contributed by atoms with Crippen LogP contribution >= 0.6 is 0 Å². The zero-order valence-corrected chi connectivity index (χ0v) is 20.9. The van der Waals surface area contributed by atoms with E-state index in [0.29, 0.717) is 24.3 Å². The number of aliphatic hydroxyl groups excluding tert-OH is 1. The third-order valence-corrected chi connectivity index (χ3v) is 8.02. The average Bonchev–Trinajstić information content (AvgIpc) is 2.92. The van der Waals surface area contributed by atoms with Crippen LogP contribution in [-0.2, 0) is 21.4 Å².